The highest BCUT2D eigenvalue weighted by atomic mass is 32.1. The fourth-order valence-electron chi connectivity index (χ4n) is 1.75. The molecule has 0 fully saturated rings. The summed E-state index contributed by atoms with van der Waals surface area (Å²) < 4.78 is 17.8. The van der Waals surface area contributed by atoms with Crippen molar-refractivity contribution in [2.45, 2.75) is 0 Å². The van der Waals surface area contributed by atoms with Gasteiger partial charge in [-0.3, -0.25) is 0 Å². The number of rotatable bonds is 7. The van der Waals surface area contributed by atoms with Crippen molar-refractivity contribution in [2.75, 3.05) is 26.8 Å². The van der Waals surface area contributed by atoms with E-state index in [4.69, 9.17) is 4.74 Å². The number of hydrogen-bond donors (Lipinski definition) is 1. The van der Waals surface area contributed by atoms with Crippen LogP contribution in [0.4, 0.5) is 4.39 Å². The predicted octanol–water partition coefficient (Wildman–Crippen LogP) is 3.80. The second kappa shape index (κ2) is 7.94. The third-order valence-corrected chi connectivity index (χ3v) is 3.88. The average molecular weight is 291 g/mol. The van der Waals surface area contributed by atoms with Crippen molar-refractivity contribution in [3.63, 3.8) is 0 Å². The minimum absolute atomic E-state index is 0.201. The molecule has 2 aromatic rings. The molecule has 0 radical (unpaired) electrons. The zero-order valence-corrected chi connectivity index (χ0v) is 12.3. The lowest BCUT2D eigenvalue weighted by Gasteiger charge is -1.98. The molecular formula is C16H18FNOS. The zero-order valence-electron chi connectivity index (χ0n) is 11.4. The third kappa shape index (κ3) is 4.56. The van der Waals surface area contributed by atoms with E-state index >= 15 is 0 Å². The van der Waals surface area contributed by atoms with Gasteiger partial charge in [0.25, 0.3) is 0 Å². The van der Waals surface area contributed by atoms with Crippen LogP contribution in [0.5, 0.6) is 0 Å². The van der Waals surface area contributed by atoms with Gasteiger partial charge >= 0.3 is 0 Å². The first kappa shape index (κ1) is 14.9. The fraction of sp³-hybridized carbons (Fsp3) is 0.250. The van der Waals surface area contributed by atoms with E-state index in [0.29, 0.717) is 0 Å². The minimum atomic E-state index is -0.201. The monoisotopic (exact) mass is 291 g/mol. The standard InChI is InChI=1S/C16H18FNOS/c1-19-12-11-18-10-2-3-15-8-9-16(20-15)13-4-6-14(17)7-5-13/h2-9,18H,10-12H2,1H3. The molecule has 0 saturated carbocycles. The van der Waals surface area contributed by atoms with Crippen LogP contribution in [0.15, 0.2) is 42.5 Å². The molecule has 0 bridgehead atoms. The third-order valence-electron chi connectivity index (χ3n) is 2.78. The van der Waals surface area contributed by atoms with Crippen LogP contribution in [0.3, 0.4) is 0 Å². The Hall–Kier alpha value is -1.49. The highest BCUT2D eigenvalue weighted by Crippen LogP contribution is 2.28. The summed E-state index contributed by atoms with van der Waals surface area (Å²) in [4.78, 5) is 2.34. The van der Waals surface area contributed by atoms with Gasteiger partial charge in [0.1, 0.15) is 5.82 Å². The number of hydrogen-bond acceptors (Lipinski definition) is 3. The lowest BCUT2D eigenvalue weighted by Crippen LogP contribution is -2.18. The van der Waals surface area contributed by atoms with Gasteiger partial charge in [-0.1, -0.05) is 18.2 Å². The summed E-state index contributed by atoms with van der Waals surface area (Å²) in [5.41, 5.74) is 1.05. The number of methoxy groups -OCH3 is 1. The van der Waals surface area contributed by atoms with Crippen molar-refractivity contribution in [2.24, 2.45) is 0 Å². The molecule has 4 heteroatoms. The highest BCUT2D eigenvalue weighted by molar-refractivity contribution is 7.16. The molecule has 0 aliphatic heterocycles. The highest BCUT2D eigenvalue weighted by Gasteiger charge is 2.01. The van der Waals surface area contributed by atoms with Gasteiger partial charge in [0, 0.05) is 30.0 Å². The van der Waals surface area contributed by atoms with Crippen molar-refractivity contribution >= 4 is 17.4 Å². The number of ether oxygens (including phenoxy) is 1. The summed E-state index contributed by atoms with van der Waals surface area (Å²) in [5.74, 6) is -0.201. The lowest BCUT2D eigenvalue weighted by atomic mass is 10.2. The summed E-state index contributed by atoms with van der Waals surface area (Å²) in [7, 11) is 1.69. The van der Waals surface area contributed by atoms with Gasteiger partial charge in [-0.05, 0) is 35.9 Å². The molecule has 1 N–H and O–H groups in total. The first-order valence-corrected chi connectivity index (χ1v) is 7.33. The van der Waals surface area contributed by atoms with Crippen molar-refractivity contribution < 1.29 is 9.13 Å². The molecule has 1 aromatic heterocycles. The minimum Gasteiger partial charge on any atom is -0.383 e. The van der Waals surface area contributed by atoms with Crippen LogP contribution in [0.1, 0.15) is 4.88 Å². The van der Waals surface area contributed by atoms with Crippen molar-refractivity contribution in [3.05, 3.63) is 53.2 Å². The fourth-order valence-corrected chi connectivity index (χ4v) is 2.69. The molecule has 1 aromatic carbocycles. The quantitative estimate of drug-likeness (QED) is 0.783. The van der Waals surface area contributed by atoms with E-state index in [9.17, 15) is 4.39 Å². The van der Waals surface area contributed by atoms with Crippen LogP contribution < -0.4 is 5.32 Å². The molecule has 0 unspecified atom stereocenters. The zero-order chi connectivity index (χ0) is 14.2. The van der Waals surface area contributed by atoms with E-state index in [0.717, 1.165) is 30.1 Å². The molecule has 1 heterocycles. The van der Waals surface area contributed by atoms with Crippen LogP contribution in [-0.2, 0) is 4.74 Å². The SMILES string of the molecule is COCCNCC=Cc1ccc(-c2ccc(F)cc2)s1. The Morgan fingerprint density at radius 2 is 2.00 bits per heavy atom. The Morgan fingerprint density at radius 1 is 1.20 bits per heavy atom. The maximum atomic E-state index is 12.9. The summed E-state index contributed by atoms with van der Waals surface area (Å²) in [5, 5.41) is 3.25. The Morgan fingerprint density at radius 3 is 2.75 bits per heavy atom. The van der Waals surface area contributed by atoms with Gasteiger partial charge < -0.3 is 10.1 Å². The Labute approximate surface area is 122 Å². The smallest absolute Gasteiger partial charge is 0.123 e. The van der Waals surface area contributed by atoms with Gasteiger partial charge in [-0.25, -0.2) is 4.39 Å². The molecule has 2 rings (SSSR count). The van der Waals surface area contributed by atoms with Gasteiger partial charge in [0.2, 0.25) is 0 Å². The predicted molar refractivity (Wildman–Crippen MR) is 83.5 cm³/mol. The lowest BCUT2D eigenvalue weighted by molar-refractivity contribution is 0.200. The van der Waals surface area contributed by atoms with Crippen LogP contribution in [0, 0.1) is 5.82 Å². The second-order valence-corrected chi connectivity index (χ2v) is 5.42. The van der Waals surface area contributed by atoms with Crippen molar-refractivity contribution in [1.29, 1.82) is 0 Å². The van der Waals surface area contributed by atoms with Crippen LogP contribution in [0.2, 0.25) is 0 Å². The number of halogens is 1. The van der Waals surface area contributed by atoms with E-state index in [1.807, 2.05) is 0 Å². The van der Waals surface area contributed by atoms with Gasteiger partial charge in [0.05, 0.1) is 6.61 Å². The van der Waals surface area contributed by atoms with E-state index in [-0.39, 0.29) is 5.82 Å². The molecule has 0 atom stereocenters. The van der Waals surface area contributed by atoms with Crippen LogP contribution in [-0.4, -0.2) is 26.8 Å². The molecule has 0 spiro atoms. The molecule has 0 saturated heterocycles. The van der Waals surface area contributed by atoms with Crippen molar-refractivity contribution in [1.82, 2.24) is 5.32 Å². The number of benzene rings is 1. The van der Waals surface area contributed by atoms with Crippen molar-refractivity contribution in [3.8, 4) is 10.4 Å². The summed E-state index contributed by atoms with van der Waals surface area (Å²) in [6.45, 7) is 2.40. The Kier molecular flexibility index (Phi) is 5.92. The summed E-state index contributed by atoms with van der Waals surface area (Å²) >= 11 is 1.70. The summed E-state index contributed by atoms with van der Waals surface area (Å²) in [6.07, 6.45) is 4.19. The number of nitrogens with one attached hydrogen (secondary N) is 1. The molecule has 106 valence electrons. The molecule has 0 amide bonds. The molecule has 20 heavy (non-hydrogen) atoms. The molecular weight excluding hydrogens is 273 g/mol. The van der Waals surface area contributed by atoms with Gasteiger partial charge in [-0.15, -0.1) is 11.3 Å². The summed E-state index contributed by atoms with van der Waals surface area (Å²) in [6, 6.07) is 10.7. The molecule has 2 nitrogen and oxygen atoms in total. The second-order valence-electron chi connectivity index (χ2n) is 4.31. The van der Waals surface area contributed by atoms with E-state index in [1.54, 1.807) is 30.6 Å². The van der Waals surface area contributed by atoms with E-state index in [1.165, 1.54) is 17.0 Å². The first-order valence-electron chi connectivity index (χ1n) is 6.51. The first-order chi connectivity index (χ1) is 9.79. The number of thiophene rings is 1. The molecule has 0 aliphatic rings. The van der Waals surface area contributed by atoms with Crippen LogP contribution >= 0.6 is 11.3 Å². The maximum absolute atomic E-state index is 12.9. The average Bonchev–Trinajstić information content (AvgIpc) is 2.92. The van der Waals surface area contributed by atoms with Gasteiger partial charge in [0.15, 0.2) is 0 Å². The largest absolute Gasteiger partial charge is 0.383 e. The maximum Gasteiger partial charge on any atom is 0.123 e. The van der Waals surface area contributed by atoms with E-state index in [2.05, 4.69) is 29.6 Å². The Balaban J connectivity index is 1.89. The normalized spacial score (nSPS) is 11.3. The topological polar surface area (TPSA) is 21.3 Å². The Bertz CT molecular complexity index is 548. The van der Waals surface area contributed by atoms with Gasteiger partial charge in [-0.2, -0.15) is 0 Å². The van der Waals surface area contributed by atoms with Crippen LogP contribution in [0.25, 0.3) is 16.5 Å². The molecule has 0 aliphatic carbocycles. The van der Waals surface area contributed by atoms with E-state index < -0.39 is 0 Å².